The number of hydrogen-bond donors (Lipinski definition) is 2. The number of carbonyl (C=O) groups excluding carboxylic acids is 1. The van der Waals surface area contributed by atoms with Gasteiger partial charge in [0.1, 0.15) is 0 Å². The Kier molecular flexibility index (Phi) is 7.15. The van der Waals surface area contributed by atoms with Gasteiger partial charge in [-0.3, -0.25) is 4.79 Å². The summed E-state index contributed by atoms with van der Waals surface area (Å²) < 4.78 is 0. The van der Waals surface area contributed by atoms with Gasteiger partial charge in [0.05, 0.1) is 6.61 Å². The van der Waals surface area contributed by atoms with E-state index in [2.05, 4.69) is 6.92 Å². The van der Waals surface area contributed by atoms with Crippen molar-refractivity contribution < 1.29 is 9.90 Å². The highest BCUT2D eigenvalue weighted by Crippen LogP contribution is 2.09. The van der Waals surface area contributed by atoms with Gasteiger partial charge < -0.3 is 15.7 Å². The molecule has 0 atom stereocenters. The molecular weight excluding hydrogens is 240 g/mol. The zero-order chi connectivity index (χ0) is 14.1. The largest absolute Gasteiger partial charge is 0.395 e. The highest BCUT2D eigenvalue weighted by molar-refractivity contribution is 5.94. The van der Waals surface area contributed by atoms with Gasteiger partial charge in [-0.1, -0.05) is 25.5 Å². The molecular formula is C15H24N2O2. The first-order chi connectivity index (χ1) is 9.22. The molecule has 0 heterocycles. The minimum Gasteiger partial charge on any atom is -0.395 e. The van der Waals surface area contributed by atoms with Crippen molar-refractivity contribution in [3.8, 4) is 0 Å². The number of aliphatic hydroxyl groups is 1. The molecule has 106 valence electrons. The minimum atomic E-state index is -0.0122. The second-order valence-corrected chi connectivity index (χ2v) is 4.60. The summed E-state index contributed by atoms with van der Waals surface area (Å²) in [6.45, 7) is 3.79. The zero-order valence-electron chi connectivity index (χ0n) is 11.6. The first-order valence-electron chi connectivity index (χ1n) is 6.92. The van der Waals surface area contributed by atoms with E-state index in [4.69, 9.17) is 10.8 Å². The molecule has 1 amide bonds. The molecule has 0 radical (unpaired) electrons. The van der Waals surface area contributed by atoms with Crippen molar-refractivity contribution in [2.45, 2.75) is 26.2 Å². The predicted molar refractivity (Wildman–Crippen MR) is 77.1 cm³/mol. The number of benzene rings is 1. The molecule has 4 heteroatoms. The monoisotopic (exact) mass is 264 g/mol. The van der Waals surface area contributed by atoms with Gasteiger partial charge in [-0.2, -0.15) is 0 Å². The number of nitrogens with two attached hydrogens (primary N) is 1. The van der Waals surface area contributed by atoms with Crippen LogP contribution >= 0.6 is 0 Å². The van der Waals surface area contributed by atoms with Crippen molar-refractivity contribution in [3.63, 3.8) is 0 Å². The Labute approximate surface area is 115 Å². The topological polar surface area (TPSA) is 66.6 Å². The van der Waals surface area contributed by atoms with E-state index in [-0.39, 0.29) is 12.5 Å². The molecule has 0 unspecified atom stereocenters. The molecule has 1 aromatic carbocycles. The van der Waals surface area contributed by atoms with Crippen LogP contribution in [0.5, 0.6) is 0 Å². The van der Waals surface area contributed by atoms with E-state index in [0.717, 1.165) is 24.8 Å². The van der Waals surface area contributed by atoms with Crippen LogP contribution in [0.4, 0.5) is 0 Å². The molecule has 0 saturated carbocycles. The van der Waals surface area contributed by atoms with E-state index in [0.29, 0.717) is 25.2 Å². The van der Waals surface area contributed by atoms with Crippen LogP contribution in [0.3, 0.4) is 0 Å². The molecule has 0 saturated heterocycles. The van der Waals surface area contributed by atoms with E-state index in [1.165, 1.54) is 0 Å². The summed E-state index contributed by atoms with van der Waals surface area (Å²) in [5.74, 6) is -0.0122. The lowest BCUT2D eigenvalue weighted by molar-refractivity contribution is 0.0719. The molecule has 1 aromatic rings. The molecule has 0 aliphatic rings. The average molecular weight is 264 g/mol. The van der Waals surface area contributed by atoms with Crippen molar-refractivity contribution >= 4 is 5.91 Å². The normalized spacial score (nSPS) is 10.5. The summed E-state index contributed by atoms with van der Waals surface area (Å²) in [6, 6.07) is 7.56. The maximum atomic E-state index is 12.3. The van der Waals surface area contributed by atoms with E-state index >= 15 is 0 Å². The first-order valence-corrected chi connectivity index (χ1v) is 6.92. The van der Waals surface area contributed by atoms with Crippen LogP contribution in [0.2, 0.25) is 0 Å². The third kappa shape index (κ3) is 5.01. The third-order valence-corrected chi connectivity index (χ3v) is 3.07. The minimum absolute atomic E-state index is 0.000706. The molecule has 0 fully saturated rings. The Hall–Kier alpha value is -1.39. The molecule has 3 N–H and O–H groups in total. The molecule has 0 aromatic heterocycles. The molecule has 0 aliphatic carbocycles. The van der Waals surface area contributed by atoms with E-state index in [9.17, 15) is 4.79 Å². The molecule has 0 aliphatic heterocycles. The van der Waals surface area contributed by atoms with Gasteiger partial charge in [0.2, 0.25) is 0 Å². The Morgan fingerprint density at radius 2 is 1.95 bits per heavy atom. The van der Waals surface area contributed by atoms with E-state index in [1.807, 2.05) is 24.3 Å². The summed E-state index contributed by atoms with van der Waals surface area (Å²) in [6.07, 6.45) is 2.81. The molecule has 19 heavy (non-hydrogen) atoms. The number of hydrogen-bond acceptors (Lipinski definition) is 3. The lowest BCUT2D eigenvalue weighted by atomic mass is 10.1. The third-order valence-electron chi connectivity index (χ3n) is 3.07. The van der Waals surface area contributed by atoms with Crippen molar-refractivity contribution in [1.29, 1.82) is 0 Å². The number of rotatable bonds is 8. The summed E-state index contributed by atoms with van der Waals surface area (Å²) in [7, 11) is 0. The number of amides is 1. The maximum absolute atomic E-state index is 12.3. The predicted octanol–water partition coefficient (Wildman–Crippen LogP) is 1.42. The molecule has 4 nitrogen and oxygen atoms in total. The number of carbonyl (C=O) groups is 1. The summed E-state index contributed by atoms with van der Waals surface area (Å²) in [5.41, 5.74) is 7.31. The van der Waals surface area contributed by atoms with Gasteiger partial charge in [-0.05, 0) is 37.1 Å². The zero-order valence-corrected chi connectivity index (χ0v) is 11.6. The van der Waals surface area contributed by atoms with Crippen LogP contribution in [-0.4, -0.2) is 42.2 Å². The van der Waals surface area contributed by atoms with Gasteiger partial charge >= 0.3 is 0 Å². The quantitative estimate of drug-likeness (QED) is 0.746. The fourth-order valence-electron chi connectivity index (χ4n) is 1.95. The Morgan fingerprint density at radius 3 is 2.47 bits per heavy atom. The second kappa shape index (κ2) is 8.67. The van der Waals surface area contributed by atoms with Crippen LogP contribution in [0, 0.1) is 0 Å². The fraction of sp³-hybridized carbons (Fsp3) is 0.533. The number of nitrogens with zero attached hydrogens (tertiary/aromatic N) is 1. The second-order valence-electron chi connectivity index (χ2n) is 4.60. The Bertz CT molecular complexity index is 376. The summed E-state index contributed by atoms with van der Waals surface area (Å²) >= 11 is 0. The smallest absolute Gasteiger partial charge is 0.253 e. The first kappa shape index (κ1) is 15.7. The highest BCUT2D eigenvalue weighted by atomic mass is 16.3. The van der Waals surface area contributed by atoms with Crippen LogP contribution in [0.15, 0.2) is 24.3 Å². The number of aliphatic hydroxyl groups excluding tert-OH is 1. The van der Waals surface area contributed by atoms with Gasteiger partial charge in [-0.25, -0.2) is 0 Å². The average Bonchev–Trinajstić information content (AvgIpc) is 2.44. The van der Waals surface area contributed by atoms with Crippen molar-refractivity contribution in [2.24, 2.45) is 5.73 Å². The maximum Gasteiger partial charge on any atom is 0.253 e. The van der Waals surface area contributed by atoms with Gasteiger partial charge in [-0.15, -0.1) is 0 Å². The van der Waals surface area contributed by atoms with Gasteiger partial charge in [0.25, 0.3) is 5.91 Å². The van der Waals surface area contributed by atoms with Crippen molar-refractivity contribution in [1.82, 2.24) is 4.90 Å². The summed E-state index contributed by atoms with van der Waals surface area (Å²) in [5, 5.41) is 9.04. The Balaban J connectivity index is 2.71. The van der Waals surface area contributed by atoms with Gasteiger partial charge in [0.15, 0.2) is 0 Å². The fourth-order valence-corrected chi connectivity index (χ4v) is 1.95. The van der Waals surface area contributed by atoms with Gasteiger partial charge in [0, 0.05) is 18.7 Å². The van der Waals surface area contributed by atoms with E-state index in [1.54, 1.807) is 4.90 Å². The van der Waals surface area contributed by atoms with Crippen LogP contribution < -0.4 is 5.73 Å². The number of unbranched alkanes of at least 4 members (excludes halogenated alkanes) is 1. The Morgan fingerprint density at radius 1 is 1.26 bits per heavy atom. The SMILES string of the molecule is CCCCN(CCO)C(=O)c1ccc(CCN)cc1. The van der Waals surface area contributed by atoms with Crippen LogP contribution in [0.25, 0.3) is 0 Å². The lowest BCUT2D eigenvalue weighted by Gasteiger charge is -2.21. The molecule has 0 spiro atoms. The van der Waals surface area contributed by atoms with Crippen molar-refractivity contribution in [3.05, 3.63) is 35.4 Å². The standard InChI is InChI=1S/C15H24N2O2/c1-2-3-10-17(11-12-18)15(19)14-6-4-13(5-7-14)8-9-16/h4-7,18H,2-3,8-12,16H2,1H3. The van der Waals surface area contributed by atoms with Crippen LogP contribution in [-0.2, 0) is 6.42 Å². The van der Waals surface area contributed by atoms with Crippen molar-refractivity contribution in [2.75, 3.05) is 26.2 Å². The molecule has 0 bridgehead atoms. The van der Waals surface area contributed by atoms with Crippen LogP contribution in [0.1, 0.15) is 35.7 Å². The molecule has 1 rings (SSSR count). The highest BCUT2D eigenvalue weighted by Gasteiger charge is 2.14. The summed E-state index contributed by atoms with van der Waals surface area (Å²) in [4.78, 5) is 14.0. The lowest BCUT2D eigenvalue weighted by Crippen LogP contribution is -2.34. The van der Waals surface area contributed by atoms with E-state index < -0.39 is 0 Å².